The molecule has 1 N–H and O–H groups in total. The van der Waals surface area contributed by atoms with Gasteiger partial charge in [-0.2, -0.15) is 0 Å². The minimum Gasteiger partial charge on any atom is -0.483 e. The van der Waals surface area contributed by atoms with Gasteiger partial charge in [0.15, 0.2) is 5.75 Å². The molecule has 7 heteroatoms. The number of benzene rings is 1. The fourth-order valence-corrected chi connectivity index (χ4v) is 2.58. The predicted octanol–water partition coefficient (Wildman–Crippen LogP) is 4.98. The Labute approximate surface area is 189 Å². The highest BCUT2D eigenvalue weighted by molar-refractivity contribution is 5.79. The van der Waals surface area contributed by atoms with Gasteiger partial charge in [0.05, 0.1) is 0 Å². The number of hydrogen-bond donors (Lipinski definition) is 1. The van der Waals surface area contributed by atoms with Gasteiger partial charge in [-0.25, -0.2) is 9.78 Å². The topological polar surface area (TPSA) is 86.8 Å². The van der Waals surface area contributed by atoms with Crippen LogP contribution in [-0.2, 0) is 16.1 Å². The molecule has 0 unspecified atom stereocenters. The molecule has 0 aliphatic carbocycles. The van der Waals surface area contributed by atoms with Gasteiger partial charge in [-0.15, -0.1) is 0 Å². The van der Waals surface area contributed by atoms with Gasteiger partial charge in [-0.1, -0.05) is 47.6 Å². The van der Waals surface area contributed by atoms with Crippen molar-refractivity contribution in [3.8, 4) is 11.6 Å². The molecule has 0 radical (unpaired) electrons. The monoisotopic (exact) mass is 438 g/mol. The number of nitrogens with one attached hydrogen (secondary N) is 1. The Balaban J connectivity index is 1.73. The van der Waals surface area contributed by atoms with Crippen LogP contribution in [0.1, 0.15) is 39.2 Å². The molecule has 1 heterocycles. The van der Waals surface area contributed by atoms with E-state index in [0.717, 1.165) is 24.0 Å². The molecule has 0 saturated carbocycles. The maximum Gasteiger partial charge on any atom is 0.414 e. The molecule has 7 nitrogen and oxygen atoms in total. The molecule has 1 aromatic heterocycles. The molecule has 0 aliphatic rings. The van der Waals surface area contributed by atoms with Gasteiger partial charge in [-0.05, 0) is 57.4 Å². The van der Waals surface area contributed by atoms with E-state index in [0.29, 0.717) is 12.4 Å². The average Bonchev–Trinajstić information content (AvgIpc) is 2.77. The molecule has 170 valence electrons. The minimum atomic E-state index is -0.821. The molecule has 0 atom stereocenters. The van der Waals surface area contributed by atoms with Crippen LogP contribution in [0.5, 0.6) is 11.6 Å². The van der Waals surface area contributed by atoms with E-state index >= 15 is 0 Å². The molecule has 0 aliphatic heterocycles. The highest BCUT2D eigenvalue weighted by Gasteiger charge is 2.13. The van der Waals surface area contributed by atoms with E-state index in [1.807, 2.05) is 43.3 Å². The van der Waals surface area contributed by atoms with Crippen molar-refractivity contribution < 1.29 is 23.8 Å². The third-order valence-electron chi connectivity index (χ3n) is 4.31. The zero-order valence-corrected chi connectivity index (χ0v) is 18.8. The number of rotatable bonds is 11. The van der Waals surface area contributed by atoms with Gasteiger partial charge in [0.1, 0.15) is 19.8 Å². The summed E-state index contributed by atoms with van der Waals surface area (Å²) in [4.78, 5) is 27.9. The Kier molecular flexibility index (Phi) is 10.5. The molecule has 1 aromatic carbocycles. The van der Waals surface area contributed by atoms with Crippen LogP contribution in [0.25, 0.3) is 0 Å². The Morgan fingerprint density at radius 2 is 1.81 bits per heavy atom. The van der Waals surface area contributed by atoms with Crippen molar-refractivity contribution in [2.24, 2.45) is 0 Å². The SMILES string of the molecule is CC(C)=CCC/C(C)=C/COC(=O)CNC(=O)Oc1ncccc1OCc1ccccc1. The van der Waals surface area contributed by atoms with Gasteiger partial charge in [0, 0.05) is 6.20 Å². The minimum absolute atomic E-state index is 0.0178. The summed E-state index contributed by atoms with van der Waals surface area (Å²) >= 11 is 0. The van der Waals surface area contributed by atoms with Crippen LogP contribution >= 0.6 is 0 Å². The maximum atomic E-state index is 12.0. The van der Waals surface area contributed by atoms with E-state index in [2.05, 4.69) is 30.2 Å². The molecule has 2 aromatic rings. The molecule has 0 spiro atoms. The number of hydrogen-bond acceptors (Lipinski definition) is 6. The number of esters is 1. The van der Waals surface area contributed by atoms with Crippen molar-refractivity contribution in [2.75, 3.05) is 13.2 Å². The van der Waals surface area contributed by atoms with E-state index in [4.69, 9.17) is 14.2 Å². The standard InChI is InChI=1S/C25H30N2O5/c1-19(2)9-7-10-20(3)14-16-30-23(28)17-27-25(29)32-24-22(13-8-15-26-24)31-18-21-11-5-4-6-12-21/h4-6,8-9,11-15H,7,10,16-18H2,1-3H3,(H,27,29)/b20-14+. The van der Waals surface area contributed by atoms with Crippen LogP contribution in [0.15, 0.2) is 72.0 Å². The van der Waals surface area contributed by atoms with Crippen molar-refractivity contribution >= 4 is 12.1 Å². The van der Waals surface area contributed by atoms with E-state index in [1.54, 1.807) is 12.1 Å². The fraction of sp³-hybridized carbons (Fsp3) is 0.320. The summed E-state index contributed by atoms with van der Waals surface area (Å²) in [6.45, 7) is 6.27. The van der Waals surface area contributed by atoms with Crippen molar-refractivity contribution in [3.05, 3.63) is 77.5 Å². The fourth-order valence-electron chi connectivity index (χ4n) is 2.58. The first kappa shape index (κ1) is 24.7. The molecular formula is C25H30N2O5. The number of nitrogens with zero attached hydrogens (tertiary/aromatic N) is 1. The second kappa shape index (κ2) is 13.6. The molecular weight excluding hydrogens is 408 g/mol. The Bertz CT molecular complexity index is 934. The zero-order chi connectivity index (χ0) is 23.2. The van der Waals surface area contributed by atoms with E-state index in [-0.39, 0.29) is 19.0 Å². The van der Waals surface area contributed by atoms with Crippen molar-refractivity contribution in [1.29, 1.82) is 0 Å². The highest BCUT2D eigenvalue weighted by Crippen LogP contribution is 2.24. The third-order valence-corrected chi connectivity index (χ3v) is 4.31. The molecule has 0 bridgehead atoms. The number of allylic oxidation sites excluding steroid dienone is 3. The first-order chi connectivity index (χ1) is 15.4. The quantitative estimate of drug-likeness (QED) is 0.393. The summed E-state index contributed by atoms with van der Waals surface area (Å²) in [6, 6.07) is 12.9. The lowest BCUT2D eigenvalue weighted by Crippen LogP contribution is -2.33. The predicted molar refractivity (Wildman–Crippen MR) is 122 cm³/mol. The van der Waals surface area contributed by atoms with Crippen LogP contribution in [-0.4, -0.2) is 30.2 Å². The normalized spacial score (nSPS) is 10.8. The molecule has 0 saturated heterocycles. The molecule has 32 heavy (non-hydrogen) atoms. The highest BCUT2D eigenvalue weighted by atomic mass is 16.6. The molecule has 1 amide bonds. The van der Waals surface area contributed by atoms with Crippen LogP contribution in [0, 0.1) is 0 Å². The second-order valence-electron chi connectivity index (χ2n) is 7.38. The van der Waals surface area contributed by atoms with Gasteiger partial charge in [0.25, 0.3) is 5.88 Å². The summed E-state index contributed by atoms with van der Waals surface area (Å²) in [5.41, 5.74) is 3.39. The van der Waals surface area contributed by atoms with Crippen LogP contribution < -0.4 is 14.8 Å². The Morgan fingerprint density at radius 3 is 2.56 bits per heavy atom. The Morgan fingerprint density at radius 1 is 1.03 bits per heavy atom. The molecule has 0 fully saturated rings. The van der Waals surface area contributed by atoms with E-state index in [1.165, 1.54) is 11.8 Å². The van der Waals surface area contributed by atoms with Crippen molar-refractivity contribution in [3.63, 3.8) is 0 Å². The number of aromatic nitrogens is 1. The van der Waals surface area contributed by atoms with Gasteiger partial charge >= 0.3 is 12.1 Å². The number of carbonyl (C=O) groups is 2. The lowest BCUT2D eigenvalue weighted by atomic mass is 10.1. The number of amides is 1. The zero-order valence-electron chi connectivity index (χ0n) is 18.8. The lowest BCUT2D eigenvalue weighted by Gasteiger charge is -2.11. The summed E-state index contributed by atoms with van der Waals surface area (Å²) in [5.74, 6) is -0.219. The first-order valence-electron chi connectivity index (χ1n) is 10.5. The average molecular weight is 439 g/mol. The summed E-state index contributed by atoms with van der Waals surface area (Å²) in [6.07, 6.45) is 6.55. The van der Waals surface area contributed by atoms with Crippen LogP contribution in [0.2, 0.25) is 0 Å². The first-order valence-corrected chi connectivity index (χ1v) is 10.5. The summed E-state index contributed by atoms with van der Waals surface area (Å²) < 4.78 is 16.0. The van der Waals surface area contributed by atoms with Gasteiger partial charge < -0.3 is 19.5 Å². The van der Waals surface area contributed by atoms with Crippen LogP contribution in [0.4, 0.5) is 4.79 Å². The van der Waals surface area contributed by atoms with E-state index < -0.39 is 12.1 Å². The smallest absolute Gasteiger partial charge is 0.414 e. The van der Waals surface area contributed by atoms with Gasteiger partial charge in [0.2, 0.25) is 0 Å². The number of ether oxygens (including phenoxy) is 3. The largest absolute Gasteiger partial charge is 0.483 e. The second-order valence-corrected chi connectivity index (χ2v) is 7.38. The van der Waals surface area contributed by atoms with Crippen molar-refractivity contribution in [1.82, 2.24) is 10.3 Å². The number of carbonyl (C=O) groups excluding carboxylic acids is 2. The molecule has 2 rings (SSSR count). The maximum absolute atomic E-state index is 12.0. The third kappa shape index (κ3) is 9.93. The van der Waals surface area contributed by atoms with E-state index in [9.17, 15) is 9.59 Å². The van der Waals surface area contributed by atoms with Gasteiger partial charge in [-0.3, -0.25) is 4.79 Å². The van der Waals surface area contributed by atoms with Crippen LogP contribution in [0.3, 0.4) is 0 Å². The lowest BCUT2D eigenvalue weighted by molar-refractivity contribution is -0.141. The summed E-state index contributed by atoms with van der Waals surface area (Å²) in [7, 11) is 0. The Hall–Kier alpha value is -3.61. The van der Waals surface area contributed by atoms with Crippen molar-refractivity contribution in [2.45, 2.75) is 40.2 Å². The number of pyridine rings is 1. The summed E-state index contributed by atoms with van der Waals surface area (Å²) in [5, 5.41) is 2.36.